The first-order valence-corrected chi connectivity index (χ1v) is 10.7. The Morgan fingerprint density at radius 3 is 2.48 bits per heavy atom. The number of hydrogen-bond donors (Lipinski definition) is 0. The molecule has 2 aromatic carbocycles. The summed E-state index contributed by atoms with van der Waals surface area (Å²) in [6, 6.07) is 14.2. The monoisotopic (exact) mass is 425 g/mol. The Kier molecular flexibility index (Phi) is 6.39. The highest BCUT2D eigenvalue weighted by Crippen LogP contribution is 2.29. The molecule has 4 rings (SSSR count). The quantitative estimate of drug-likeness (QED) is 0.714. The van der Waals surface area contributed by atoms with E-state index in [0.29, 0.717) is 32.6 Å². The van der Waals surface area contributed by atoms with E-state index in [9.17, 15) is 14.0 Å². The van der Waals surface area contributed by atoms with E-state index in [1.54, 1.807) is 24.1 Å². The largest absolute Gasteiger partial charge is 0.495 e. The predicted molar refractivity (Wildman–Crippen MR) is 117 cm³/mol. The molecule has 2 amide bonds. The van der Waals surface area contributed by atoms with Crippen molar-refractivity contribution >= 4 is 17.5 Å². The fourth-order valence-electron chi connectivity index (χ4n) is 4.39. The van der Waals surface area contributed by atoms with Gasteiger partial charge < -0.3 is 19.4 Å². The standard InChI is InChI=1S/C24H28FN3O3/c1-31-22-5-3-2-4-21(22)26-12-14-27(15-13-26)24(30)19-16-23(29)28(17-19)11-10-18-6-8-20(25)9-7-18/h2-9,19H,10-17H2,1H3. The zero-order valence-electron chi connectivity index (χ0n) is 17.8. The fraction of sp³-hybridized carbons (Fsp3) is 0.417. The van der Waals surface area contributed by atoms with Crippen LogP contribution in [0.5, 0.6) is 5.75 Å². The third kappa shape index (κ3) is 4.81. The number of para-hydroxylation sites is 2. The summed E-state index contributed by atoms with van der Waals surface area (Å²) in [5, 5.41) is 0. The normalized spacial score (nSPS) is 19.1. The number of hydrogen-bond acceptors (Lipinski definition) is 4. The molecule has 2 saturated heterocycles. The summed E-state index contributed by atoms with van der Waals surface area (Å²) >= 11 is 0. The van der Waals surface area contributed by atoms with Gasteiger partial charge in [-0.15, -0.1) is 0 Å². The molecule has 2 aliphatic rings. The number of carbonyl (C=O) groups is 2. The number of methoxy groups -OCH3 is 1. The van der Waals surface area contributed by atoms with E-state index < -0.39 is 0 Å². The van der Waals surface area contributed by atoms with E-state index in [1.807, 2.05) is 29.2 Å². The number of ether oxygens (including phenoxy) is 1. The average molecular weight is 426 g/mol. The summed E-state index contributed by atoms with van der Waals surface area (Å²) in [7, 11) is 1.66. The van der Waals surface area contributed by atoms with E-state index in [2.05, 4.69) is 4.90 Å². The second-order valence-corrected chi connectivity index (χ2v) is 8.10. The zero-order chi connectivity index (χ0) is 21.8. The van der Waals surface area contributed by atoms with Crippen molar-refractivity contribution in [2.75, 3.05) is 51.3 Å². The molecule has 2 aromatic rings. The number of carbonyl (C=O) groups excluding carboxylic acids is 2. The number of anilines is 1. The molecule has 6 nitrogen and oxygen atoms in total. The highest BCUT2D eigenvalue weighted by molar-refractivity contribution is 5.89. The van der Waals surface area contributed by atoms with Crippen LogP contribution in [0.4, 0.5) is 10.1 Å². The second kappa shape index (κ2) is 9.37. The zero-order valence-corrected chi connectivity index (χ0v) is 17.8. The first kappa shape index (κ1) is 21.2. The molecular formula is C24H28FN3O3. The van der Waals surface area contributed by atoms with Gasteiger partial charge in [0.25, 0.3) is 0 Å². The van der Waals surface area contributed by atoms with Crippen molar-refractivity contribution in [1.29, 1.82) is 0 Å². The summed E-state index contributed by atoms with van der Waals surface area (Å²) < 4.78 is 18.5. The number of nitrogens with zero attached hydrogens (tertiary/aromatic N) is 3. The minimum absolute atomic E-state index is 0.0214. The lowest BCUT2D eigenvalue weighted by Crippen LogP contribution is -2.50. The Morgan fingerprint density at radius 2 is 1.77 bits per heavy atom. The van der Waals surface area contributed by atoms with E-state index in [1.165, 1.54) is 12.1 Å². The number of likely N-dealkylation sites (tertiary alicyclic amines) is 1. The van der Waals surface area contributed by atoms with Gasteiger partial charge in [0.15, 0.2) is 0 Å². The molecule has 2 fully saturated rings. The van der Waals surface area contributed by atoms with Crippen LogP contribution in [0.2, 0.25) is 0 Å². The maximum atomic E-state index is 13.0. The van der Waals surface area contributed by atoms with Gasteiger partial charge in [0, 0.05) is 45.7 Å². The van der Waals surface area contributed by atoms with Gasteiger partial charge >= 0.3 is 0 Å². The molecule has 164 valence electrons. The minimum atomic E-state index is -0.279. The summed E-state index contributed by atoms with van der Waals surface area (Å²) in [5.41, 5.74) is 2.02. The highest BCUT2D eigenvalue weighted by Gasteiger charge is 2.37. The van der Waals surface area contributed by atoms with Crippen LogP contribution in [0, 0.1) is 11.7 Å². The molecule has 0 saturated carbocycles. The summed E-state index contributed by atoms with van der Waals surface area (Å²) in [6.45, 7) is 3.76. The van der Waals surface area contributed by atoms with Crippen LogP contribution in [0.3, 0.4) is 0 Å². The Hall–Kier alpha value is -3.09. The van der Waals surface area contributed by atoms with Crippen LogP contribution in [0.1, 0.15) is 12.0 Å². The number of rotatable bonds is 6. The fourth-order valence-corrected chi connectivity index (χ4v) is 4.39. The smallest absolute Gasteiger partial charge is 0.228 e. The first-order valence-electron chi connectivity index (χ1n) is 10.7. The van der Waals surface area contributed by atoms with Crippen LogP contribution in [0.25, 0.3) is 0 Å². The van der Waals surface area contributed by atoms with Crippen molar-refractivity contribution in [2.24, 2.45) is 5.92 Å². The van der Waals surface area contributed by atoms with Crippen LogP contribution in [0.15, 0.2) is 48.5 Å². The molecule has 0 N–H and O–H groups in total. The molecule has 1 unspecified atom stereocenters. The van der Waals surface area contributed by atoms with Gasteiger partial charge in [-0.25, -0.2) is 4.39 Å². The molecule has 0 bridgehead atoms. The maximum absolute atomic E-state index is 13.0. The number of amides is 2. The lowest BCUT2D eigenvalue weighted by atomic mass is 10.1. The summed E-state index contributed by atoms with van der Waals surface area (Å²) in [5.74, 6) is 0.377. The van der Waals surface area contributed by atoms with Gasteiger partial charge in [-0.05, 0) is 36.2 Å². The lowest BCUT2D eigenvalue weighted by Gasteiger charge is -2.37. The lowest BCUT2D eigenvalue weighted by molar-refractivity contribution is -0.136. The molecule has 2 heterocycles. The van der Waals surface area contributed by atoms with Crippen LogP contribution in [-0.4, -0.2) is 68.0 Å². The Bertz CT molecular complexity index is 926. The average Bonchev–Trinajstić information content (AvgIpc) is 3.18. The van der Waals surface area contributed by atoms with E-state index >= 15 is 0 Å². The van der Waals surface area contributed by atoms with Crippen molar-refractivity contribution in [1.82, 2.24) is 9.80 Å². The van der Waals surface area contributed by atoms with E-state index in [-0.39, 0.29) is 30.0 Å². The number of benzene rings is 2. The van der Waals surface area contributed by atoms with Crippen LogP contribution >= 0.6 is 0 Å². The van der Waals surface area contributed by atoms with Crippen molar-refractivity contribution in [2.45, 2.75) is 12.8 Å². The van der Waals surface area contributed by atoms with Gasteiger partial charge in [0.05, 0.1) is 18.7 Å². The van der Waals surface area contributed by atoms with Gasteiger partial charge in [0.2, 0.25) is 11.8 Å². The molecule has 0 spiro atoms. The van der Waals surface area contributed by atoms with E-state index in [4.69, 9.17) is 4.74 Å². The molecule has 1 atom stereocenters. The second-order valence-electron chi connectivity index (χ2n) is 8.10. The van der Waals surface area contributed by atoms with Crippen LogP contribution in [-0.2, 0) is 16.0 Å². The summed E-state index contributed by atoms with van der Waals surface area (Å²) in [6.07, 6.45) is 0.930. The van der Waals surface area contributed by atoms with Gasteiger partial charge in [-0.3, -0.25) is 9.59 Å². The van der Waals surface area contributed by atoms with Crippen LogP contribution < -0.4 is 9.64 Å². The highest BCUT2D eigenvalue weighted by atomic mass is 19.1. The van der Waals surface area contributed by atoms with Gasteiger partial charge in [-0.2, -0.15) is 0 Å². The Morgan fingerprint density at radius 1 is 1.06 bits per heavy atom. The summed E-state index contributed by atoms with van der Waals surface area (Å²) in [4.78, 5) is 31.3. The predicted octanol–water partition coefficient (Wildman–Crippen LogP) is 2.57. The van der Waals surface area contributed by atoms with Crippen molar-refractivity contribution in [3.8, 4) is 5.75 Å². The molecule has 0 radical (unpaired) electrons. The van der Waals surface area contributed by atoms with Crippen molar-refractivity contribution < 1.29 is 18.7 Å². The minimum Gasteiger partial charge on any atom is -0.495 e. The van der Waals surface area contributed by atoms with Crippen molar-refractivity contribution in [3.05, 3.63) is 59.9 Å². The van der Waals surface area contributed by atoms with Crippen molar-refractivity contribution in [3.63, 3.8) is 0 Å². The topological polar surface area (TPSA) is 53.1 Å². The number of halogens is 1. The molecular weight excluding hydrogens is 397 g/mol. The number of piperazine rings is 1. The van der Waals surface area contributed by atoms with Gasteiger partial charge in [-0.1, -0.05) is 24.3 Å². The van der Waals surface area contributed by atoms with Gasteiger partial charge in [0.1, 0.15) is 11.6 Å². The molecule has 31 heavy (non-hydrogen) atoms. The third-order valence-electron chi connectivity index (χ3n) is 6.16. The molecule has 0 aliphatic carbocycles. The third-order valence-corrected chi connectivity index (χ3v) is 6.16. The first-order chi connectivity index (χ1) is 15.0. The maximum Gasteiger partial charge on any atom is 0.228 e. The Labute approximate surface area is 182 Å². The van der Waals surface area contributed by atoms with E-state index in [0.717, 1.165) is 30.1 Å². The Balaban J connectivity index is 1.29. The molecule has 2 aliphatic heterocycles. The molecule has 7 heteroatoms. The molecule has 0 aromatic heterocycles. The SMILES string of the molecule is COc1ccccc1N1CCN(C(=O)C2CC(=O)N(CCc3ccc(F)cc3)C2)CC1.